The molecule has 0 fully saturated rings. The minimum Gasteiger partial charge on any atom is -0.486 e. The first kappa shape index (κ1) is 20.2. The Bertz CT molecular complexity index is 1470. The summed E-state index contributed by atoms with van der Waals surface area (Å²) in [6.45, 7) is 2.17. The van der Waals surface area contributed by atoms with Gasteiger partial charge in [0.15, 0.2) is 17.2 Å². The van der Waals surface area contributed by atoms with Crippen LogP contribution in [-0.2, 0) is 6.54 Å². The highest BCUT2D eigenvalue weighted by molar-refractivity contribution is 5.70. The van der Waals surface area contributed by atoms with Gasteiger partial charge in [0.25, 0.3) is 0 Å². The molecule has 0 N–H and O–H groups in total. The average Bonchev–Trinajstić information content (AvgIpc) is 3.50. The third-order valence-corrected chi connectivity index (χ3v) is 4.97. The van der Waals surface area contributed by atoms with E-state index < -0.39 is 5.82 Å². The van der Waals surface area contributed by atoms with E-state index in [2.05, 4.69) is 36.7 Å². The Morgan fingerprint density at radius 2 is 2.09 bits per heavy atom. The van der Waals surface area contributed by atoms with E-state index in [-0.39, 0.29) is 11.9 Å². The number of pyridine rings is 1. The first-order valence-corrected chi connectivity index (χ1v) is 9.99. The minimum atomic E-state index is -0.485. The lowest BCUT2D eigenvalue weighted by molar-refractivity contribution is 0.185. The average molecular weight is 441 g/mol. The van der Waals surface area contributed by atoms with Gasteiger partial charge in [0.2, 0.25) is 0 Å². The zero-order valence-electron chi connectivity index (χ0n) is 17.4. The fraction of sp³-hybridized carbons (Fsp3) is 0.136. The van der Waals surface area contributed by atoms with Crippen LogP contribution in [0.4, 0.5) is 4.39 Å². The summed E-state index contributed by atoms with van der Waals surface area (Å²) in [5.74, 6) is -0.388. The maximum absolute atomic E-state index is 14.5. The molecule has 5 aromatic rings. The number of halogens is 1. The maximum Gasteiger partial charge on any atom is 0.165 e. The molecule has 0 bridgehead atoms. The maximum atomic E-state index is 14.5. The van der Waals surface area contributed by atoms with Gasteiger partial charge in [-0.15, -0.1) is 5.10 Å². The number of ether oxygens (including phenoxy) is 1. The Kier molecular flexibility index (Phi) is 5.16. The standard InChI is InChI=1S/C22H16FN9O/c1-14(12-31-13-27-29-30-31)33-21-8-15(2-3-18(21)23)19-4-5-22-26-11-20(32(22)28-19)17-10-25-7-6-16(17)9-24/h2-8,10-11,13-14H,12H2,1H3. The van der Waals surface area contributed by atoms with Crippen molar-refractivity contribution in [3.63, 3.8) is 0 Å². The Balaban J connectivity index is 1.49. The van der Waals surface area contributed by atoms with E-state index in [1.807, 2.05) is 0 Å². The van der Waals surface area contributed by atoms with E-state index >= 15 is 0 Å². The Morgan fingerprint density at radius 3 is 2.91 bits per heavy atom. The highest BCUT2D eigenvalue weighted by Gasteiger charge is 2.15. The lowest BCUT2D eigenvalue weighted by Gasteiger charge is -2.15. The third kappa shape index (κ3) is 3.97. The molecule has 33 heavy (non-hydrogen) atoms. The van der Waals surface area contributed by atoms with Crippen LogP contribution in [0, 0.1) is 17.1 Å². The smallest absolute Gasteiger partial charge is 0.165 e. The van der Waals surface area contributed by atoms with E-state index in [0.717, 1.165) is 0 Å². The van der Waals surface area contributed by atoms with Gasteiger partial charge in [-0.05, 0) is 53.7 Å². The summed E-state index contributed by atoms with van der Waals surface area (Å²) in [5, 5.41) is 25.1. The molecule has 0 amide bonds. The number of rotatable bonds is 6. The summed E-state index contributed by atoms with van der Waals surface area (Å²) in [6.07, 6.45) is 5.90. The summed E-state index contributed by atoms with van der Waals surface area (Å²) in [5.41, 5.74) is 3.57. The lowest BCUT2D eigenvalue weighted by Crippen LogP contribution is -2.20. The fourth-order valence-electron chi connectivity index (χ4n) is 3.44. The first-order valence-electron chi connectivity index (χ1n) is 9.99. The van der Waals surface area contributed by atoms with Gasteiger partial charge in [0.1, 0.15) is 12.4 Å². The van der Waals surface area contributed by atoms with Crippen molar-refractivity contribution >= 4 is 5.65 Å². The van der Waals surface area contributed by atoms with E-state index in [1.54, 1.807) is 60.4 Å². The molecule has 10 nitrogen and oxygen atoms in total. The zero-order chi connectivity index (χ0) is 22.8. The van der Waals surface area contributed by atoms with Crippen LogP contribution in [0.5, 0.6) is 5.75 Å². The van der Waals surface area contributed by atoms with Crippen LogP contribution in [0.3, 0.4) is 0 Å². The van der Waals surface area contributed by atoms with Gasteiger partial charge in [-0.2, -0.15) is 10.4 Å². The molecule has 11 heteroatoms. The molecule has 162 valence electrons. The normalized spacial score (nSPS) is 11.9. The summed E-state index contributed by atoms with van der Waals surface area (Å²) in [7, 11) is 0. The van der Waals surface area contributed by atoms with Crippen LogP contribution in [0.25, 0.3) is 28.2 Å². The number of imidazole rings is 1. The molecular formula is C22H16FN9O. The van der Waals surface area contributed by atoms with Gasteiger partial charge >= 0.3 is 0 Å². The van der Waals surface area contributed by atoms with Crippen LogP contribution < -0.4 is 4.74 Å². The molecule has 0 saturated carbocycles. The number of nitrogens with zero attached hydrogens (tertiary/aromatic N) is 9. The van der Waals surface area contributed by atoms with Crippen LogP contribution in [0.2, 0.25) is 0 Å². The highest BCUT2D eigenvalue weighted by Crippen LogP contribution is 2.28. The SMILES string of the molecule is CC(Cn1cnnn1)Oc1cc(-c2ccc3ncc(-c4cnccc4C#N)n3n2)ccc1F. The van der Waals surface area contributed by atoms with Crippen molar-refractivity contribution in [3.05, 3.63) is 72.7 Å². The molecule has 0 spiro atoms. The molecule has 0 aliphatic heterocycles. The Labute approximate surface area is 186 Å². The number of fused-ring (bicyclic) bond motifs is 1. The second-order valence-electron chi connectivity index (χ2n) is 7.27. The second-order valence-corrected chi connectivity index (χ2v) is 7.27. The highest BCUT2D eigenvalue weighted by atomic mass is 19.1. The van der Waals surface area contributed by atoms with Gasteiger partial charge in [-0.1, -0.05) is 0 Å². The molecule has 1 atom stereocenters. The molecule has 4 heterocycles. The van der Waals surface area contributed by atoms with Crippen molar-refractivity contribution < 1.29 is 9.13 Å². The molecule has 0 aliphatic carbocycles. The first-order chi connectivity index (χ1) is 16.1. The Morgan fingerprint density at radius 1 is 1.18 bits per heavy atom. The summed E-state index contributed by atoms with van der Waals surface area (Å²) in [6, 6.07) is 12.0. The number of aromatic nitrogens is 8. The minimum absolute atomic E-state index is 0.0971. The van der Waals surface area contributed by atoms with Gasteiger partial charge in [-0.25, -0.2) is 18.6 Å². The van der Waals surface area contributed by atoms with Gasteiger partial charge in [0, 0.05) is 23.5 Å². The van der Waals surface area contributed by atoms with Crippen molar-refractivity contribution in [2.75, 3.05) is 0 Å². The van der Waals surface area contributed by atoms with Crippen molar-refractivity contribution in [3.8, 4) is 34.3 Å². The van der Waals surface area contributed by atoms with Crippen molar-refractivity contribution in [2.45, 2.75) is 19.6 Å². The zero-order valence-corrected chi connectivity index (χ0v) is 17.4. The summed E-state index contributed by atoms with van der Waals surface area (Å²) < 4.78 is 23.4. The van der Waals surface area contributed by atoms with E-state index in [0.29, 0.717) is 40.3 Å². The largest absolute Gasteiger partial charge is 0.486 e. The van der Waals surface area contributed by atoms with Crippen LogP contribution >= 0.6 is 0 Å². The molecule has 5 rings (SSSR count). The number of nitriles is 1. The lowest BCUT2D eigenvalue weighted by atomic mass is 10.1. The van der Waals surface area contributed by atoms with Gasteiger partial charge in [0.05, 0.1) is 35.8 Å². The third-order valence-electron chi connectivity index (χ3n) is 4.97. The number of benzene rings is 1. The van der Waals surface area contributed by atoms with E-state index in [9.17, 15) is 9.65 Å². The van der Waals surface area contributed by atoms with Crippen LogP contribution in [0.1, 0.15) is 12.5 Å². The Hall–Kier alpha value is -4.72. The van der Waals surface area contributed by atoms with Crippen molar-refractivity contribution in [2.24, 2.45) is 0 Å². The number of hydrogen-bond acceptors (Lipinski definition) is 8. The van der Waals surface area contributed by atoms with E-state index in [1.165, 1.54) is 17.1 Å². The summed E-state index contributed by atoms with van der Waals surface area (Å²) in [4.78, 5) is 8.49. The van der Waals surface area contributed by atoms with E-state index in [4.69, 9.17) is 4.74 Å². The van der Waals surface area contributed by atoms with Gasteiger partial charge < -0.3 is 4.74 Å². The van der Waals surface area contributed by atoms with Crippen LogP contribution in [-0.4, -0.2) is 45.9 Å². The quantitative estimate of drug-likeness (QED) is 0.394. The predicted molar refractivity (Wildman–Crippen MR) is 114 cm³/mol. The monoisotopic (exact) mass is 441 g/mol. The second kappa shape index (κ2) is 8.43. The fourth-order valence-corrected chi connectivity index (χ4v) is 3.44. The number of tetrazole rings is 1. The molecular weight excluding hydrogens is 425 g/mol. The molecule has 1 aromatic carbocycles. The van der Waals surface area contributed by atoms with Crippen molar-refractivity contribution in [1.82, 2.24) is 39.8 Å². The predicted octanol–water partition coefficient (Wildman–Crippen LogP) is 2.92. The molecule has 4 aromatic heterocycles. The molecule has 0 aliphatic rings. The number of hydrogen-bond donors (Lipinski definition) is 0. The van der Waals surface area contributed by atoms with Crippen LogP contribution in [0.15, 0.2) is 61.3 Å². The molecule has 0 saturated heterocycles. The molecule has 0 radical (unpaired) electrons. The van der Waals surface area contributed by atoms with Gasteiger partial charge in [-0.3, -0.25) is 4.98 Å². The van der Waals surface area contributed by atoms with Crippen molar-refractivity contribution in [1.29, 1.82) is 5.26 Å². The summed E-state index contributed by atoms with van der Waals surface area (Å²) >= 11 is 0. The topological polar surface area (TPSA) is 120 Å². The molecule has 1 unspecified atom stereocenters.